The average molecular weight is 191 g/mol. The molecule has 0 aliphatic rings. The molecule has 2 heterocycles. The minimum Gasteiger partial charge on any atom is -0.384 e. The van der Waals surface area contributed by atoms with Crippen LogP contribution >= 0.6 is 0 Å². The third-order valence-electron chi connectivity index (χ3n) is 2.19. The number of H-pyrrole nitrogens is 1. The van der Waals surface area contributed by atoms with Crippen molar-refractivity contribution >= 4 is 5.82 Å². The summed E-state index contributed by atoms with van der Waals surface area (Å²) < 4.78 is 1.69. The molecule has 14 heavy (non-hydrogen) atoms. The SMILES string of the molecule is Cn1nc(CCc2cn[nH]c2)cc1N. The monoisotopic (exact) mass is 191 g/mol. The molecule has 5 heteroatoms. The molecule has 0 saturated carbocycles. The summed E-state index contributed by atoms with van der Waals surface area (Å²) in [5.74, 6) is 0.701. The van der Waals surface area contributed by atoms with Crippen molar-refractivity contribution in [2.24, 2.45) is 7.05 Å². The van der Waals surface area contributed by atoms with Gasteiger partial charge in [-0.2, -0.15) is 10.2 Å². The Labute approximate surface area is 81.9 Å². The Hall–Kier alpha value is -1.78. The minimum atomic E-state index is 0.701. The lowest BCUT2D eigenvalue weighted by molar-refractivity contribution is 0.745. The normalized spacial score (nSPS) is 10.6. The smallest absolute Gasteiger partial charge is 0.121 e. The van der Waals surface area contributed by atoms with Gasteiger partial charge in [-0.1, -0.05) is 0 Å². The summed E-state index contributed by atoms with van der Waals surface area (Å²) in [5, 5.41) is 10.9. The van der Waals surface area contributed by atoms with E-state index in [9.17, 15) is 0 Å². The maximum absolute atomic E-state index is 5.67. The summed E-state index contributed by atoms with van der Waals surface area (Å²) in [6, 6.07) is 1.90. The third-order valence-corrected chi connectivity index (χ3v) is 2.19. The van der Waals surface area contributed by atoms with E-state index >= 15 is 0 Å². The number of anilines is 1. The van der Waals surface area contributed by atoms with Crippen molar-refractivity contribution in [3.8, 4) is 0 Å². The maximum atomic E-state index is 5.67. The molecule has 2 rings (SSSR count). The Kier molecular flexibility index (Phi) is 2.22. The van der Waals surface area contributed by atoms with Gasteiger partial charge in [-0.25, -0.2) is 0 Å². The van der Waals surface area contributed by atoms with Crippen molar-refractivity contribution in [1.29, 1.82) is 0 Å². The van der Waals surface area contributed by atoms with Gasteiger partial charge >= 0.3 is 0 Å². The predicted octanol–water partition coefficient (Wildman–Crippen LogP) is 0.511. The van der Waals surface area contributed by atoms with E-state index in [0.29, 0.717) is 5.82 Å². The van der Waals surface area contributed by atoms with Gasteiger partial charge in [-0.05, 0) is 18.4 Å². The average Bonchev–Trinajstić information content (AvgIpc) is 2.74. The van der Waals surface area contributed by atoms with Crippen LogP contribution in [0.5, 0.6) is 0 Å². The lowest BCUT2D eigenvalue weighted by atomic mass is 10.1. The van der Waals surface area contributed by atoms with Crippen LogP contribution in [0.3, 0.4) is 0 Å². The minimum absolute atomic E-state index is 0.701. The van der Waals surface area contributed by atoms with Gasteiger partial charge in [-0.3, -0.25) is 9.78 Å². The molecule has 0 bridgehead atoms. The second kappa shape index (κ2) is 3.53. The molecular formula is C9H13N5. The van der Waals surface area contributed by atoms with E-state index in [4.69, 9.17) is 5.73 Å². The van der Waals surface area contributed by atoms with Gasteiger partial charge in [0.1, 0.15) is 5.82 Å². The molecule has 5 nitrogen and oxygen atoms in total. The standard InChI is InChI=1S/C9H13N5/c1-14-9(10)4-8(13-14)3-2-7-5-11-12-6-7/h4-6H,2-3,10H2,1H3,(H,11,12). The van der Waals surface area contributed by atoms with E-state index in [1.165, 1.54) is 5.56 Å². The number of nitrogens with one attached hydrogen (secondary N) is 1. The number of rotatable bonds is 3. The zero-order valence-corrected chi connectivity index (χ0v) is 8.07. The van der Waals surface area contributed by atoms with Crippen molar-refractivity contribution in [1.82, 2.24) is 20.0 Å². The van der Waals surface area contributed by atoms with Gasteiger partial charge < -0.3 is 5.73 Å². The van der Waals surface area contributed by atoms with Crippen LogP contribution in [0.4, 0.5) is 5.82 Å². The van der Waals surface area contributed by atoms with Crippen LogP contribution in [0.25, 0.3) is 0 Å². The largest absolute Gasteiger partial charge is 0.384 e. The maximum Gasteiger partial charge on any atom is 0.121 e. The first kappa shape index (κ1) is 8.80. The molecule has 0 atom stereocenters. The number of hydrogen-bond acceptors (Lipinski definition) is 3. The molecule has 0 unspecified atom stereocenters. The highest BCUT2D eigenvalue weighted by Gasteiger charge is 2.02. The van der Waals surface area contributed by atoms with Crippen molar-refractivity contribution in [3.05, 3.63) is 29.7 Å². The first-order valence-corrected chi connectivity index (χ1v) is 4.52. The number of aromatic amines is 1. The molecule has 0 fully saturated rings. The Balaban J connectivity index is 1.98. The van der Waals surface area contributed by atoms with Crippen LogP contribution in [0, 0.1) is 0 Å². The zero-order valence-electron chi connectivity index (χ0n) is 8.07. The van der Waals surface area contributed by atoms with Crippen LogP contribution in [0.1, 0.15) is 11.3 Å². The number of aromatic nitrogens is 4. The number of aryl methyl sites for hydroxylation is 3. The molecule has 0 aliphatic heterocycles. The molecule has 0 saturated heterocycles. The quantitative estimate of drug-likeness (QED) is 0.742. The Morgan fingerprint density at radius 3 is 2.93 bits per heavy atom. The van der Waals surface area contributed by atoms with Gasteiger partial charge in [0.15, 0.2) is 0 Å². The van der Waals surface area contributed by atoms with E-state index in [1.807, 2.05) is 25.5 Å². The molecule has 0 aromatic carbocycles. The topological polar surface area (TPSA) is 72.5 Å². The van der Waals surface area contributed by atoms with E-state index in [1.54, 1.807) is 4.68 Å². The first-order chi connectivity index (χ1) is 6.75. The Morgan fingerprint density at radius 1 is 1.50 bits per heavy atom. The van der Waals surface area contributed by atoms with E-state index in [0.717, 1.165) is 18.5 Å². The van der Waals surface area contributed by atoms with E-state index in [-0.39, 0.29) is 0 Å². The molecule has 0 aliphatic carbocycles. The second-order valence-electron chi connectivity index (χ2n) is 3.29. The van der Waals surface area contributed by atoms with Gasteiger partial charge in [0, 0.05) is 19.3 Å². The van der Waals surface area contributed by atoms with E-state index < -0.39 is 0 Å². The molecule has 0 radical (unpaired) electrons. The molecule has 0 amide bonds. The number of nitrogen functional groups attached to an aromatic ring is 1. The highest BCUT2D eigenvalue weighted by molar-refractivity contribution is 5.30. The molecular weight excluding hydrogens is 178 g/mol. The van der Waals surface area contributed by atoms with Gasteiger partial charge in [0.05, 0.1) is 11.9 Å². The number of nitrogens with two attached hydrogens (primary N) is 1. The van der Waals surface area contributed by atoms with Crippen LogP contribution in [0.2, 0.25) is 0 Å². The Morgan fingerprint density at radius 2 is 2.36 bits per heavy atom. The lowest BCUT2D eigenvalue weighted by Gasteiger charge is -1.92. The number of hydrogen-bond donors (Lipinski definition) is 2. The van der Waals surface area contributed by atoms with Crippen LogP contribution in [-0.2, 0) is 19.9 Å². The lowest BCUT2D eigenvalue weighted by Crippen LogP contribution is -1.97. The van der Waals surface area contributed by atoms with Crippen LogP contribution in [-0.4, -0.2) is 20.0 Å². The molecule has 3 N–H and O–H groups in total. The fourth-order valence-electron chi connectivity index (χ4n) is 1.35. The van der Waals surface area contributed by atoms with Crippen LogP contribution in [0.15, 0.2) is 18.5 Å². The third kappa shape index (κ3) is 1.76. The second-order valence-corrected chi connectivity index (χ2v) is 3.29. The van der Waals surface area contributed by atoms with Crippen molar-refractivity contribution in [2.75, 3.05) is 5.73 Å². The highest BCUT2D eigenvalue weighted by Crippen LogP contribution is 2.07. The van der Waals surface area contributed by atoms with Crippen molar-refractivity contribution < 1.29 is 0 Å². The van der Waals surface area contributed by atoms with Crippen LogP contribution < -0.4 is 5.73 Å². The van der Waals surface area contributed by atoms with Gasteiger partial charge in [-0.15, -0.1) is 0 Å². The van der Waals surface area contributed by atoms with E-state index in [2.05, 4.69) is 15.3 Å². The molecule has 2 aromatic heterocycles. The summed E-state index contributed by atoms with van der Waals surface area (Å²) in [7, 11) is 1.84. The molecule has 74 valence electrons. The van der Waals surface area contributed by atoms with Gasteiger partial charge in [0.2, 0.25) is 0 Å². The summed E-state index contributed by atoms with van der Waals surface area (Å²) in [6.07, 6.45) is 5.55. The number of nitrogens with zero attached hydrogens (tertiary/aromatic N) is 3. The molecule has 0 spiro atoms. The highest BCUT2D eigenvalue weighted by atomic mass is 15.3. The van der Waals surface area contributed by atoms with Gasteiger partial charge in [0.25, 0.3) is 0 Å². The summed E-state index contributed by atoms with van der Waals surface area (Å²) in [6.45, 7) is 0. The Bertz CT molecular complexity index is 381. The summed E-state index contributed by atoms with van der Waals surface area (Å²) in [4.78, 5) is 0. The molecule has 2 aromatic rings. The first-order valence-electron chi connectivity index (χ1n) is 4.52. The summed E-state index contributed by atoms with van der Waals surface area (Å²) in [5.41, 5.74) is 7.88. The van der Waals surface area contributed by atoms with Crippen molar-refractivity contribution in [3.63, 3.8) is 0 Å². The fourth-order valence-corrected chi connectivity index (χ4v) is 1.35. The summed E-state index contributed by atoms with van der Waals surface area (Å²) >= 11 is 0. The van der Waals surface area contributed by atoms with Crippen molar-refractivity contribution in [2.45, 2.75) is 12.8 Å². The fraction of sp³-hybridized carbons (Fsp3) is 0.333. The zero-order chi connectivity index (χ0) is 9.97. The predicted molar refractivity (Wildman–Crippen MR) is 53.6 cm³/mol.